The summed E-state index contributed by atoms with van der Waals surface area (Å²) in [5.41, 5.74) is 3.24. The molecule has 2 aromatic heterocycles. The van der Waals surface area contributed by atoms with Gasteiger partial charge in [0.2, 0.25) is 0 Å². The van der Waals surface area contributed by atoms with Gasteiger partial charge in [-0.3, -0.25) is 9.78 Å². The minimum absolute atomic E-state index is 0.0408. The number of para-hydroxylation sites is 1. The van der Waals surface area contributed by atoms with Crippen LogP contribution in [0.3, 0.4) is 0 Å². The summed E-state index contributed by atoms with van der Waals surface area (Å²) in [5, 5.41) is 3.98. The molecule has 1 saturated heterocycles. The molecular formula is C22H24N4O. The zero-order chi connectivity index (χ0) is 18.5. The first kappa shape index (κ1) is 17.6. The lowest BCUT2D eigenvalue weighted by Crippen LogP contribution is -2.37. The maximum atomic E-state index is 12.9. The summed E-state index contributed by atoms with van der Waals surface area (Å²) >= 11 is 0. The number of hydrogen-bond donors (Lipinski definition) is 1. The van der Waals surface area contributed by atoms with Crippen molar-refractivity contribution in [2.75, 3.05) is 26.2 Å². The highest BCUT2D eigenvalue weighted by Gasteiger charge is 2.15. The Balaban J connectivity index is 1.56. The molecule has 27 heavy (non-hydrogen) atoms. The zero-order valence-electron chi connectivity index (χ0n) is 15.4. The Morgan fingerprint density at radius 1 is 1.04 bits per heavy atom. The van der Waals surface area contributed by atoms with E-state index in [-0.39, 0.29) is 5.91 Å². The molecule has 0 radical (unpaired) electrons. The van der Waals surface area contributed by atoms with Gasteiger partial charge in [-0.1, -0.05) is 24.6 Å². The van der Waals surface area contributed by atoms with Crippen molar-refractivity contribution in [1.82, 2.24) is 20.2 Å². The van der Waals surface area contributed by atoms with Gasteiger partial charge in [-0.05, 0) is 50.2 Å². The average molecular weight is 360 g/mol. The van der Waals surface area contributed by atoms with Crippen LogP contribution in [0.2, 0.25) is 0 Å². The normalized spacial score (nSPS) is 15.0. The van der Waals surface area contributed by atoms with Crippen molar-refractivity contribution in [3.05, 3.63) is 60.4 Å². The number of carbonyl (C=O) groups is 1. The fourth-order valence-corrected chi connectivity index (χ4v) is 3.64. The van der Waals surface area contributed by atoms with Gasteiger partial charge in [-0.2, -0.15) is 0 Å². The van der Waals surface area contributed by atoms with Crippen molar-refractivity contribution in [2.45, 2.75) is 19.3 Å². The van der Waals surface area contributed by atoms with Crippen molar-refractivity contribution in [2.24, 2.45) is 0 Å². The van der Waals surface area contributed by atoms with Gasteiger partial charge in [-0.25, -0.2) is 4.98 Å². The number of benzene rings is 1. The second kappa shape index (κ2) is 8.27. The number of aromatic nitrogens is 2. The van der Waals surface area contributed by atoms with Gasteiger partial charge in [0.25, 0.3) is 5.91 Å². The number of amides is 1. The van der Waals surface area contributed by atoms with Crippen LogP contribution >= 0.6 is 0 Å². The van der Waals surface area contributed by atoms with E-state index in [1.807, 2.05) is 42.5 Å². The van der Waals surface area contributed by atoms with E-state index in [0.29, 0.717) is 12.1 Å². The number of hydrogen-bond acceptors (Lipinski definition) is 4. The van der Waals surface area contributed by atoms with E-state index in [1.165, 1.54) is 19.3 Å². The Morgan fingerprint density at radius 2 is 1.81 bits per heavy atom. The van der Waals surface area contributed by atoms with Crippen LogP contribution in [-0.4, -0.2) is 47.0 Å². The molecule has 0 spiro atoms. The highest BCUT2D eigenvalue weighted by Crippen LogP contribution is 2.24. The standard InChI is InChI=1S/C22H24N4O/c27-22(24-12-15-26-13-4-1-5-14-26)19-16-21(17-8-10-23-11-9-17)25-20-7-3-2-6-18(19)20/h2-3,6-11,16H,1,4-5,12-15H2,(H,24,27). The molecule has 0 aliphatic carbocycles. The first-order valence-corrected chi connectivity index (χ1v) is 9.62. The number of pyridine rings is 2. The third-order valence-corrected chi connectivity index (χ3v) is 5.10. The fourth-order valence-electron chi connectivity index (χ4n) is 3.64. The Hall–Kier alpha value is -2.79. The highest BCUT2D eigenvalue weighted by molar-refractivity contribution is 6.07. The SMILES string of the molecule is O=C(NCCN1CCCCC1)c1cc(-c2ccncc2)nc2ccccc12. The average Bonchev–Trinajstić information content (AvgIpc) is 2.74. The monoisotopic (exact) mass is 360 g/mol. The van der Waals surface area contributed by atoms with Gasteiger partial charge < -0.3 is 10.2 Å². The number of likely N-dealkylation sites (tertiary alicyclic amines) is 1. The molecule has 138 valence electrons. The lowest BCUT2D eigenvalue weighted by atomic mass is 10.0. The van der Waals surface area contributed by atoms with Crippen molar-refractivity contribution in [3.63, 3.8) is 0 Å². The highest BCUT2D eigenvalue weighted by atomic mass is 16.1. The molecule has 0 bridgehead atoms. The smallest absolute Gasteiger partial charge is 0.252 e. The zero-order valence-corrected chi connectivity index (χ0v) is 15.4. The molecule has 5 nitrogen and oxygen atoms in total. The number of fused-ring (bicyclic) bond motifs is 1. The van der Waals surface area contributed by atoms with Gasteiger partial charge in [0.05, 0.1) is 16.8 Å². The molecule has 0 atom stereocenters. The minimum atomic E-state index is -0.0408. The summed E-state index contributed by atoms with van der Waals surface area (Å²) in [7, 11) is 0. The first-order valence-electron chi connectivity index (χ1n) is 9.62. The molecule has 3 heterocycles. The molecular weight excluding hydrogens is 336 g/mol. The summed E-state index contributed by atoms with van der Waals surface area (Å²) in [6, 6.07) is 13.5. The van der Waals surface area contributed by atoms with Gasteiger partial charge in [-0.15, -0.1) is 0 Å². The fraction of sp³-hybridized carbons (Fsp3) is 0.318. The molecule has 1 N–H and O–H groups in total. The van der Waals surface area contributed by atoms with Gasteiger partial charge >= 0.3 is 0 Å². The predicted octanol–water partition coefficient (Wildman–Crippen LogP) is 3.51. The third kappa shape index (κ3) is 4.14. The Bertz CT molecular complexity index is 920. The maximum Gasteiger partial charge on any atom is 0.252 e. The lowest BCUT2D eigenvalue weighted by Gasteiger charge is -2.26. The number of nitrogens with one attached hydrogen (secondary N) is 1. The number of carbonyl (C=O) groups excluding carboxylic acids is 1. The molecule has 1 aromatic carbocycles. The topological polar surface area (TPSA) is 58.1 Å². The van der Waals surface area contributed by atoms with Gasteiger partial charge in [0.15, 0.2) is 0 Å². The summed E-state index contributed by atoms with van der Waals surface area (Å²) in [6.45, 7) is 3.85. The van der Waals surface area contributed by atoms with E-state index in [1.54, 1.807) is 12.4 Å². The predicted molar refractivity (Wildman–Crippen MR) is 108 cm³/mol. The minimum Gasteiger partial charge on any atom is -0.351 e. The lowest BCUT2D eigenvalue weighted by molar-refractivity contribution is 0.0948. The van der Waals surface area contributed by atoms with Crippen LogP contribution in [0.25, 0.3) is 22.2 Å². The van der Waals surface area contributed by atoms with Crippen molar-refractivity contribution < 1.29 is 4.79 Å². The summed E-state index contributed by atoms with van der Waals surface area (Å²) in [6.07, 6.45) is 7.33. The molecule has 3 aromatic rings. The van der Waals surface area contributed by atoms with Crippen LogP contribution in [0.15, 0.2) is 54.9 Å². The summed E-state index contributed by atoms with van der Waals surface area (Å²) in [4.78, 5) is 24.1. The van der Waals surface area contributed by atoms with E-state index in [4.69, 9.17) is 4.98 Å². The first-order chi connectivity index (χ1) is 13.3. The summed E-state index contributed by atoms with van der Waals surface area (Å²) < 4.78 is 0. The number of rotatable bonds is 5. The largest absolute Gasteiger partial charge is 0.351 e. The van der Waals surface area contributed by atoms with E-state index >= 15 is 0 Å². The van der Waals surface area contributed by atoms with Crippen LogP contribution in [0, 0.1) is 0 Å². The Labute approximate surface area is 159 Å². The second-order valence-electron chi connectivity index (χ2n) is 6.97. The summed E-state index contributed by atoms with van der Waals surface area (Å²) in [5.74, 6) is -0.0408. The van der Waals surface area contributed by atoms with Crippen LogP contribution in [0.1, 0.15) is 29.6 Å². The van der Waals surface area contributed by atoms with Crippen LogP contribution < -0.4 is 5.32 Å². The van der Waals surface area contributed by atoms with E-state index in [0.717, 1.165) is 41.8 Å². The molecule has 0 unspecified atom stereocenters. The van der Waals surface area contributed by atoms with Crippen molar-refractivity contribution in [3.8, 4) is 11.3 Å². The van der Waals surface area contributed by atoms with Gasteiger partial charge in [0, 0.05) is 36.4 Å². The second-order valence-corrected chi connectivity index (χ2v) is 6.97. The molecule has 1 fully saturated rings. The maximum absolute atomic E-state index is 12.9. The van der Waals surface area contributed by atoms with Crippen molar-refractivity contribution >= 4 is 16.8 Å². The molecule has 1 aliphatic heterocycles. The third-order valence-electron chi connectivity index (χ3n) is 5.10. The molecule has 1 aliphatic rings. The molecule has 5 heteroatoms. The van der Waals surface area contributed by atoms with Crippen LogP contribution in [-0.2, 0) is 0 Å². The van der Waals surface area contributed by atoms with E-state index in [2.05, 4.69) is 15.2 Å². The Kier molecular flexibility index (Phi) is 5.39. The van der Waals surface area contributed by atoms with E-state index in [9.17, 15) is 4.79 Å². The van der Waals surface area contributed by atoms with Crippen LogP contribution in [0.4, 0.5) is 0 Å². The quantitative estimate of drug-likeness (QED) is 0.756. The Morgan fingerprint density at radius 3 is 2.63 bits per heavy atom. The number of nitrogens with zero attached hydrogens (tertiary/aromatic N) is 3. The van der Waals surface area contributed by atoms with Crippen LogP contribution in [0.5, 0.6) is 0 Å². The van der Waals surface area contributed by atoms with E-state index < -0.39 is 0 Å². The number of piperidine rings is 1. The molecule has 4 rings (SSSR count). The molecule has 0 saturated carbocycles. The molecule has 1 amide bonds. The van der Waals surface area contributed by atoms with Crippen molar-refractivity contribution in [1.29, 1.82) is 0 Å². The van der Waals surface area contributed by atoms with Gasteiger partial charge in [0.1, 0.15) is 0 Å².